The predicted molar refractivity (Wildman–Crippen MR) is 71.5 cm³/mol. The largest absolute Gasteiger partial charge is 0.374 e. The number of carbonyl (C=O) groups is 1. The van der Waals surface area contributed by atoms with Gasteiger partial charge in [-0.25, -0.2) is 0 Å². The van der Waals surface area contributed by atoms with Gasteiger partial charge in [-0.15, -0.1) is 0 Å². The second-order valence-corrected chi connectivity index (χ2v) is 6.93. The summed E-state index contributed by atoms with van der Waals surface area (Å²) in [5, 5.41) is 3.33. The van der Waals surface area contributed by atoms with Crippen molar-refractivity contribution in [3.63, 3.8) is 0 Å². The van der Waals surface area contributed by atoms with Gasteiger partial charge in [0.25, 0.3) is 0 Å². The average molecular weight is 264 g/mol. The number of amides is 1. The lowest BCUT2D eigenvalue weighted by molar-refractivity contribution is -0.134. The predicted octanol–water partition coefficient (Wildman–Crippen LogP) is 0.725. The minimum atomic E-state index is 0.179. The molecule has 4 nitrogen and oxygen atoms in total. The highest BCUT2D eigenvalue weighted by Crippen LogP contribution is 2.69. The second-order valence-electron chi connectivity index (χ2n) is 6.93. The molecule has 19 heavy (non-hydrogen) atoms. The van der Waals surface area contributed by atoms with E-state index in [0.717, 1.165) is 49.9 Å². The number of nitrogens with zero attached hydrogens (tertiary/aromatic N) is 1. The Bertz CT molecular complexity index is 364. The smallest absolute Gasteiger partial charge is 0.226 e. The van der Waals surface area contributed by atoms with Crippen LogP contribution in [0, 0.1) is 29.6 Å². The maximum absolute atomic E-state index is 12.6. The van der Waals surface area contributed by atoms with Gasteiger partial charge in [-0.3, -0.25) is 4.79 Å². The number of carbonyl (C=O) groups excluding carboxylic acids is 1. The molecule has 5 unspecified atom stereocenters. The Morgan fingerprint density at radius 1 is 1.32 bits per heavy atom. The Hall–Kier alpha value is -0.610. The molecule has 4 aliphatic rings. The molecule has 0 aromatic rings. The minimum Gasteiger partial charge on any atom is -0.374 e. The average Bonchev–Trinajstić information content (AvgIpc) is 2.86. The van der Waals surface area contributed by atoms with Crippen LogP contribution in [0.2, 0.25) is 0 Å². The van der Waals surface area contributed by atoms with Gasteiger partial charge in [0.2, 0.25) is 5.91 Å². The van der Waals surface area contributed by atoms with Gasteiger partial charge < -0.3 is 15.0 Å². The molecule has 4 rings (SSSR count). The number of morpholine rings is 1. The fraction of sp³-hybridized carbons (Fsp3) is 0.933. The lowest BCUT2D eigenvalue weighted by Crippen LogP contribution is -2.46. The quantitative estimate of drug-likeness (QED) is 0.817. The molecule has 1 N–H and O–H groups in total. The molecule has 0 aromatic carbocycles. The zero-order valence-electron chi connectivity index (χ0n) is 11.7. The molecular formula is C15H24N2O2. The van der Waals surface area contributed by atoms with Gasteiger partial charge in [-0.2, -0.15) is 0 Å². The van der Waals surface area contributed by atoms with Gasteiger partial charge in [-0.1, -0.05) is 0 Å². The van der Waals surface area contributed by atoms with Crippen LogP contribution in [0.5, 0.6) is 0 Å². The highest BCUT2D eigenvalue weighted by Gasteiger charge is 2.67. The van der Waals surface area contributed by atoms with Crippen molar-refractivity contribution in [3.8, 4) is 0 Å². The van der Waals surface area contributed by atoms with Crippen LogP contribution in [-0.4, -0.2) is 50.2 Å². The Balaban J connectivity index is 1.34. The first-order valence-electron chi connectivity index (χ1n) is 7.83. The summed E-state index contributed by atoms with van der Waals surface area (Å²) in [4.78, 5) is 14.5. The molecule has 0 spiro atoms. The van der Waals surface area contributed by atoms with Gasteiger partial charge in [0.1, 0.15) is 0 Å². The standard InChI is InChI=1S/C15H24N2O2/c1-17(8-11-7-16-4-5-19-11)15(18)14-12-9-2-3-10(6-9)13(12)14/h9-14,16H,2-8H2,1H3. The van der Waals surface area contributed by atoms with Gasteiger partial charge >= 0.3 is 0 Å². The third kappa shape index (κ3) is 1.91. The summed E-state index contributed by atoms with van der Waals surface area (Å²) in [6.45, 7) is 3.33. The van der Waals surface area contributed by atoms with Crippen molar-refractivity contribution in [1.82, 2.24) is 10.2 Å². The molecule has 3 aliphatic carbocycles. The Morgan fingerprint density at radius 2 is 2.05 bits per heavy atom. The fourth-order valence-electron chi connectivity index (χ4n) is 5.04. The van der Waals surface area contributed by atoms with Crippen LogP contribution in [0.25, 0.3) is 0 Å². The molecule has 1 saturated heterocycles. The number of hydrogen-bond donors (Lipinski definition) is 1. The molecular weight excluding hydrogens is 240 g/mol. The lowest BCUT2D eigenvalue weighted by atomic mass is 10.0. The third-order valence-corrected chi connectivity index (χ3v) is 5.88. The van der Waals surface area contributed by atoms with Crippen LogP contribution in [0.15, 0.2) is 0 Å². The Morgan fingerprint density at radius 3 is 2.68 bits per heavy atom. The van der Waals surface area contributed by atoms with E-state index in [4.69, 9.17) is 4.74 Å². The van der Waals surface area contributed by atoms with Crippen LogP contribution in [-0.2, 0) is 9.53 Å². The monoisotopic (exact) mass is 264 g/mol. The van der Waals surface area contributed by atoms with Crippen molar-refractivity contribution in [2.45, 2.75) is 25.4 Å². The number of likely N-dealkylation sites (N-methyl/N-ethyl adjacent to an activating group) is 1. The van der Waals surface area contributed by atoms with Gasteiger partial charge in [0, 0.05) is 32.6 Å². The molecule has 1 heterocycles. The molecule has 106 valence electrons. The van der Waals surface area contributed by atoms with E-state index in [1.165, 1.54) is 19.3 Å². The van der Waals surface area contributed by atoms with Crippen molar-refractivity contribution in [1.29, 1.82) is 0 Å². The van der Waals surface area contributed by atoms with E-state index in [2.05, 4.69) is 5.32 Å². The van der Waals surface area contributed by atoms with Crippen molar-refractivity contribution in [2.24, 2.45) is 29.6 Å². The second kappa shape index (κ2) is 4.45. The lowest BCUT2D eigenvalue weighted by Gasteiger charge is -2.28. The molecule has 0 radical (unpaired) electrons. The maximum Gasteiger partial charge on any atom is 0.226 e. The van der Waals surface area contributed by atoms with E-state index >= 15 is 0 Å². The summed E-state index contributed by atoms with van der Waals surface area (Å²) in [6.07, 6.45) is 4.36. The van der Waals surface area contributed by atoms with Crippen molar-refractivity contribution in [2.75, 3.05) is 33.3 Å². The summed E-state index contributed by atoms with van der Waals surface area (Å²) in [5.41, 5.74) is 0. The SMILES string of the molecule is CN(CC1CNCCO1)C(=O)C1C2C3CCC(C3)C12. The van der Waals surface area contributed by atoms with Gasteiger partial charge in [0.15, 0.2) is 0 Å². The number of nitrogens with one attached hydrogen (secondary N) is 1. The van der Waals surface area contributed by atoms with E-state index in [1.807, 2.05) is 11.9 Å². The van der Waals surface area contributed by atoms with Crippen LogP contribution in [0.3, 0.4) is 0 Å². The molecule has 4 heteroatoms. The van der Waals surface area contributed by atoms with E-state index in [1.54, 1.807) is 0 Å². The zero-order chi connectivity index (χ0) is 13.0. The van der Waals surface area contributed by atoms with Crippen LogP contribution in [0.4, 0.5) is 0 Å². The van der Waals surface area contributed by atoms with Crippen LogP contribution >= 0.6 is 0 Å². The minimum absolute atomic E-state index is 0.179. The molecule has 1 amide bonds. The van der Waals surface area contributed by atoms with Crippen molar-refractivity contribution >= 4 is 5.91 Å². The summed E-state index contributed by atoms with van der Waals surface area (Å²) in [7, 11) is 1.95. The molecule has 4 fully saturated rings. The molecule has 1 aliphatic heterocycles. The topological polar surface area (TPSA) is 41.6 Å². The van der Waals surface area contributed by atoms with E-state index in [9.17, 15) is 4.79 Å². The Kier molecular flexibility index (Phi) is 2.85. The normalized spacial score (nSPS) is 47.0. The van der Waals surface area contributed by atoms with E-state index in [-0.39, 0.29) is 6.10 Å². The number of fused-ring (bicyclic) bond motifs is 5. The van der Waals surface area contributed by atoms with Crippen molar-refractivity contribution in [3.05, 3.63) is 0 Å². The first-order chi connectivity index (χ1) is 9.25. The van der Waals surface area contributed by atoms with Gasteiger partial charge in [0.05, 0.1) is 12.7 Å². The third-order valence-electron chi connectivity index (χ3n) is 5.88. The maximum atomic E-state index is 12.6. The number of ether oxygens (including phenoxy) is 1. The van der Waals surface area contributed by atoms with E-state index in [0.29, 0.717) is 11.8 Å². The summed E-state index contributed by atoms with van der Waals surface area (Å²) < 4.78 is 5.69. The summed E-state index contributed by atoms with van der Waals surface area (Å²) in [5.74, 6) is 4.02. The van der Waals surface area contributed by atoms with Gasteiger partial charge in [-0.05, 0) is 42.9 Å². The van der Waals surface area contributed by atoms with Crippen LogP contribution < -0.4 is 5.32 Å². The van der Waals surface area contributed by atoms with Crippen LogP contribution in [0.1, 0.15) is 19.3 Å². The first-order valence-corrected chi connectivity index (χ1v) is 7.83. The highest BCUT2D eigenvalue weighted by atomic mass is 16.5. The first kappa shape index (κ1) is 12.2. The fourth-order valence-corrected chi connectivity index (χ4v) is 5.04. The molecule has 3 saturated carbocycles. The van der Waals surface area contributed by atoms with Crippen molar-refractivity contribution < 1.29 is 9.53 Å². The number of hydrogen-bond acceptors (Lipinski definition) is 3. The highest BCUT2D eigenvalue weighted by molar-refractivity contribution is 5.82. The Labute approximate surface area is 114 Å². The summed E-state index contributed by atoms with van der Waals surface area (Å²) in [6, 6.07) is 0. The van der Waals surface area contributed by atoms with E-state index < -0.39 is 0 Å². The zero-order valence-corrected chi connectivity index (χ0v) is 11.7. The molecule has 2 bridgehead atoms. The number of rotatable bonds is 3. The molecule has 5 atom stereocenters. The summed E-state index contributed by atoms with van der Waals surface area (Å²) >= 11 is 0. The molecule has 0 aromatic heterocycles.